The number of rotatable bonds is 9. The first-order valence-corrected chi connectivity index (χ1v) is 12.9. The van der Waals surface area contributed by atoms with Crippen LogP contribution in [0.4, 0.5) is 5.13 Å². The third-order valence-electron chi connectivity index (χ3n) is 5.20. The maximum Gasteiger partial charge on any atom is 0.229 e. The van der Waals surface area contributed by atoms with Crippen molar-refractivity contribution in [2.24, 2.45) is 0 Å². The van der Waals surface area contributed by atoms with Crippen LogP contribution in [0.25, 0.3) is 10.2 Å². The van der Waals surface area contributed by atoms with Crippen LogP contribution < -0.4 is 4.90 Å². The van der Waals surface area contributed by atoms with E-state index >= 15 is 0 Å². The first-order valence-electron chi connectivity index (χ1n) is 10.7. The molecule has 0 aliphatic carbocycles. The molecule has 0 atom stereocenters. The number of fused-ring (bicyclic) bond motifs is 1. The minimum atomic E-state index is 0.114. The van der Waals surface area contributed by atoms with E-state index in [1.165, 1.54) is 10.5 Å². The van der Waals surface area contributed by atoms with E-state index in [4.69, 9.17) is 16.6 Å². The van der Waals surface area contributed by atoms with E-state index in [2.05, 4.69) is 37.3 Å². The second-order valence-corrected chi connectivity index (χ2v) is 10.1. The number of hydrogen-bond donors (Lipinski definition) is 0. The fraction of sp³-hybridized carbons (Fsp3) is 0.231. The minimum Gasteiger partial charge on any atom is -0.284 e. The molecule has 4 rings (SSSR count). The van der Waals surface area contributed by atoms with Crippen molar-refractivity contribution >= 4 is 56.0 Å². The highest BCUT2D eigenvalue weighted by Gasteiger charge is 2.20. The quantitative estimate of drug-likeness (QED) is 0.182. The van der Waals surface area contributed by atoms with Crippen molar-refractivity contribution in [3.05, 3.63) is 88.9 Å². The van der Waals surface area contributed by atoms with Gasteiger partial charge in [-0.3, -0.25) is 9.69 Å². The standard InChI is InChI=1S/C26H25ClN2OS2/c1-2-20-10-6-11-23-25(20)28-26(32-23)29(18-19-8-4-3-5-9-19)24(30)12-7-17-31-22-15-13-21(27)14-16-22/h3-6,8-11,13-16H,2,7,12,17-18H2,1H3. The maximum absolute atomic E-state index is 13.3. The molecule has 3 nitrogen and oxygen atoms in total. The lowest BCUT2D eigenvalue weighted by Gasteiger charge is -2.20. The number of para-hydroxylation sites is 1. The summed E-state index contributed by atoms with van der Waals surface area (Å²) < 4.78 is 1.13. The third-order valence-corrected chi connectivity index (χ3v) is 7.60. The zero-order chi connectivity index (χ0) is 22.3. The van der Waals surface area contributed by atoms with Crippen LogP contribution >= 0.6 is 34.7 Å². The first-order chi connectivity index (χ1) is 15.6. The van der Waals surface area contributed by atoms with Crippen LogP contribution in [0.5, 0.6) is 0 Å². The molecule has 1 heterocycles. The fourth-order valence-corrected chi connectivity index (χ4v) is 5.51. The number of hydrogen-bond acceptors (Lipinski definition) is 4. The number of aryl methyl sites for hydroxylation is 1. The average Bonchev–Trinajstić information content (AvgIpc) is 3.26. The van der Waals surface area contributed by atoms with Crippen molar-refractivity contribution < 1.29 is 4.79 Å². The number of carbonyl (C=O) groups is 1. The summed E-state index contributed by atoms with van der Waals surface area (Å²) >= 11 is 9.30. The summed E-state index contributed by atoms with van der Waals surface area (Å²) in [5, 5.41) is 1.52. The molecule has 1 amide bonds. The van der Waals surface area contributed by atoms with Gasteiger partial charge in [-0.1, -0.05) is 72.3 Å². The SMILES string of the molecule is CCc1cccc2sc(N(Cc3ccccc3)C(=O)CCCSc3ccc(Cl)cc3)nc12. The predicted octanol–water partition coefficient (Wildman–Crippen LogP) is 7.62. The van der Waals surface area contributed by atoms with Gasteiger partial charge in [0.2, 0.25) is 5.91 Å². The molecule has 0 unspecified atom stereocenters. The second-order valence-electron chi connectivity index (χ2n) is 7.49. The number of thioether (sulfide) groups is 1. The van der Waals surface area contributed by atoms with Crippen molar-refractivity contribution in [2.75, 3.05) is 10.7 Å². The Morgan fingerprint density at radius 3 is 2.56 bits per heavy atom. The molecule has 0 spiro atoms. The van der Waals surface area contributed by atoms with Crippen LogP contribution in [-0.4, -0.2) is 16.6 Å². The Kier molecular flexibility index (Phi) is 7.85. The lowest BCUT2D eigenvalue weighted by Crippen LogP contribution is -2.30. The Hall–Kier alpha value is -2.34. The molecule has 6 heteroatoms. The van der Waals surface area contributed by atoms with Crippen molar-refractivity contribution in [3.63, 3.8) is 0 Å². The second kappa shape index (κ2) is 11.0. The Morgan fingerprint density at radius 2 is 1.81 bits per heavy atom. The predicted molar refractivity (Wildman–Crippen MR) is 138 cm³/mol. The highest BCUT2D eigenvalue weighted by atomic mass is 35.5. The summed E-state index contributed by atoms with van der Waals surface area (Å²) in [7, 11) is 0. The van der Waals surface area contributed by atoms with Gasteiger partial charge in [0.25, 0.3) is 0 Å². The van der Waals surface area contributed by atoms with Gasteiger partial charge in [-0.25, -0.2) is 4.98 Å². The van der Waals surface area contributed by atoms with Gasteiger partial charge in [-0.2, -0.15) is 0 Å². The van der Waals surface area contributed by atoms with Crippen molar-refractivity contribution in [1.29, 1.82) is 0 Å². The van der Waals surface area contributed by atoms with Gasteiger partial charge in [0.05, 0.1) is 16.8 Å². The molecular weight excluding hydrogens is 456 g/mol. The number of benzene rings is 3. The average molecular weight is 481 g/mol. The molecule has 3 aromatic carbocycles. The maximum atomic E-state index is 13.3. The Labute approximate surface area is 202 Å². The number of anilines is 1. The van der Waals surface area contributed by atoms with Crippen molar-refractivity contribution in [1.82, 2.24) is 4.98 Å². The van der Waals surface area contributed by atoms with E-state index in [0.717, 1.165) is 44.5 Å². The van der Waals surface area contributed by atoms with Gasteiger partial charge < -0.3 is 0 Å². The molecule has 164 valence electrons. The van der Waals surface area contributed by atoms with Gasteiger partial charge in [0, 0.05) is 16.3 Å². The van der Waals surface area contributed by atoms with E-state index < -0.39 is 0 Å². The lowest BCUT2D eigenvalue weighted by atomic mass is 10.1. The van der Waals surface area contributed by atoms with Crippen LogP contribution in [0.15, 0.2) is 77.7 Å². The summed E-state index contributed by atoms with van der Waals surface area (Å²) in [5.74, 6) is 0.995. The molecule has 0 N–H and O–H groups in total. The van der Waals surface area contributed by atoms with Crippen LogP contribution in [0.2, 0.25) is 5.02 Å². The molecule has 0 aliphatic heterocycles. The molecule has 0 saturated carbocycles. The monoisotopic (exact) mass is 480 g/mol. The van der Waals surface area contributed by atoms with Crippen molar-refractivity contribution in [3.8, 4) is 0 Å². The Balaban J connectivity index is 1.48. The first kappa shape index (κ1) is 22.8. The minimum absolute atomic E-state index is 0.114. The number of halogens is 1. The number of aromatic nitrogens is 1. The van der Waals surface area contributed by atoms with Crippen LogP contribution in [0.1, 0.15) is 30.9 Å². The van der Waals surface area contributed by atoms with E-state index in [1.807, 2.05) is 47.4 Å². The molecule has 0 aliphatic rings. The summed E-state index contributed by atoms with van der Waals surface area (Å²) in [6.45, 7) is 2.67. The lowest BCUT2D eigenvalue weighted by molar-refractivity contribution is -0.118. The zero-order valence-corrected chi connectivity index (χ0v) is 20.3. The molecule has 4 aromatic rings. The number of amides is 1. The number of thiazole rings is 1. The van der Waals surface area contributed by atoms with E-state index in [0.29, 0.717) is 13.0 Å². The Morgan fingerprint density at radius 1 is 1.03 bits per heavy atom. The number of carbonyl (C=O) groups excluding carboxylic acids is 1. The van der Waals surface area contributed by atoms with Crippen molar-refractivity contribution in [2.45, 2.75) is 37.6 Å². The molecular formula is C26H25ClN2OS2. The normalized spacial score (nSPS) is 11.1. The fourth-order valence-electron chi connectivity index (χ4n) is 3.50. The van der Waals surface area contributed by atoms with Gasteiger partial charge in [0.1, 0.15) is 0 Å². The van der Waals surface area contributed by atoms with Gasteiger partial charge in [-0.15, -0.1) is 11.8 Å². The number of nitrogens with zero attached hydrogens (tertiary/aromatic N) is 2. The van der Waals surface area contributed by atoms with Gasteiger partial charge >= 0.3 is 0 Å². The topological polar surface area (TPSA) is 33.2 Å². The van der Waals surface area contributed by atoms with Crippen LogP contribution in [0.3, 0.4) is 0 Å². The molecule has 0 saturated heterocycles. The highest BCUT2D eigenvalue weighted by molar-refractivity contribution is 7.99. The molecule has 32 heavy (non-hydrogen) atoms. The smallest absolute Gasteiger partial charge is 0.229 e. The van der Waals surface area contributed by atoms with Crippen LogP contribution in [-0.2, 0) is 17.8 Å². The summed E-state index contributed by atoms with van der Waals surface area (Å²) in [6.07, 6.45) is 2.22. The third kappa shape index (κ3) is 5.71. The summed E-state index contributed by atoms with van der Waals surface area (Å²) in [6, 6.07) is 24.2. The van der Waals surface area contributed by atoms with E-state index in [1.54, 1.807) is 23.1 Å². The van der Waals surface area contributed by atoms with E-state index in [9.17, 15) is 4.79 Å². The largest absolute Gasteiger partial charge is 0.284 e. The molecule has 0 fully saturated rings. The summed E-state index contributed by atoms with van der Waals surface area (Å²) in [5.41, 5.74) is 3.34. The molecule has 1 aromatic heterocycles. The highest BCUT2D eigenvalue weighted by Crippen LogP contribution is 2.32. The molecule has 0 radical (unpaired) electrons. The Bertz CT molecular complexity index is 1180. The summed E-state index contributed by atoms with van der Waals surface area (Å²) in [4.78, 5) is 21.2. The molecule has 0 bridgehead atoms. The van der Waals surface area contributed by atoms with Gasteiger partial charge in [-0.05, 0) is 60.1 Å². The zero-order valence-electron chi connectivity index (χ0n) is 18.0. The van der Waals surface area contributed by atoms with Gasteiger partial charge in [0.15, 0.2) is 5.13 Å². The van der Waals surface area contributed by atoms with E-state index in [-0.39, 0.29) is 5.91 Å². The van der Waals surface area contributed by atoms with Crippen LogP contribution in [0, 0.1) is 0 Å².